The minimum absolute atomic E-state index is 0. The lowest BCUT2D eigenvalue weighted by Gasteiger charge is -2.55. The molecule has 6 aliphatic heterocycles. The Hall–Kier alpha value is -12.7. The predicted molar refractivity (Wildman–Crippen MR) is 356 cm³/mol. The van der Waals surface area contributed by atoms with Gasteiger partial charge in [-0.25, -0.2) is 24.0 Å². The number of aromatic nitrogens is 6. The largest absolute Gasteiger partial charge is 0.490 e. The highest BCUT2D eigenvalue weighted by Gasteiger charge is 2.69. The number of carbonyl (C=O) groups excluding carboxylic acids is 8. The number of aromatic amines is 3. The van der Waals surface area contributed by atoms with Crippen molar-refractivity contribution < 1.29 is 80.0 Å². The molecular weight excluding hydrogens is 1350 g/mol. The molecule has 536 valence electrons. The third-order valence-corrected chi connectivity index (χ3v) is 20.1. The molecule has 6 fully saturated rings. The summed E-state index contributed by atoms with van der Waals surface area (Å²) in [6, 6.07) is 15.3. The van der Waals surface area contributed by atoms with Gasteiger partial charge in [0.15, 0.2) is 34.0 Å². The molecule has 0 radical (unpaired) electrons. The Bertz CT molecular complexity index is 5360. The molecule has 34 nitrogen and oxygen atoms in total. The van der Waals surface area contributed by atoms with E-state index in [-0.39, 0.29) is 100.0 Å². The third-order valence-electron chi connectivity index (χ3n) is 20.1. The first-order valence-electron chi connectivity index (χ1n) is 31.6. The number of furan rings is 2. The first-order chi connectivity index (χ1) is 48.7. The summed E-state index contributed by atoms with van der Waals surface area (Å²) in [5.74, 6) is -5.99. The van der Waals surface area contributed by atoms with E-state index in [1.807, 2.05) is 24.3 Å². The van der Waals surface area contributed by atoms with E-state index < -0.39 is 89.0 Å². The lowest BCUT2D eigenvalue weighted by molar-refractivity contribution is -0.172. The third kappa shape index (κ3) is 11.7. The molecular formula is C69H66N10O24. The number of H-pyrrole nitrogens is 3. The number of ether oxygens (including phenoxy) is 6. The van der Waals surface area contributed by atoms with Gasteiger partial charge < -0.3 is 60.3 Å². The number of urea groups is 1. The number of piperidine rings is 2. The summed E-state index contributed by atoms with van der Waals surface area (Å²) >= 11 is 0. The molecule has 14 atom stereocenters. The molecule has 3 saturated heterocycles. The SMILES string of the molecule is C.COc1c2c(cc3c1OC(=O)C1C3C3C(=O)NC(=O)C(C)C31)C1C(O2)C2C1C(=O)NC(=O)N2C.COc1c2c(cc3ccoc13)C1C3C(=O)NC(=O)C(C)C3C1C(=O)O2.COc1c2occc2cc2ccc(=O)oc12.Cn1ccc(=O)[nH]c1=O.Cn1ccc(=O)[nH]c1=O.Cn1ccc(=O)[nH]c1=O. The molecule has 6 aromatic heterocycles. The number of likely N-dealkylation sites (N-methyl/N-ethyl adjacent to an activating group) is 1. The summed E-state index contributed by atoms with van der Waals surface area (Å²) in [5, 5.41) is 9.77. The lowest BCUT2D eigenvalue weighted by Crippen LogP contribution is -2.72. The van der Waals surface area contributed by atoms with Crippen molar-refractivity contribution in [2.45, 2.75) is 51.2 Å². The summed E-state index contributed by atoms with van der Waals surface area (Å²) < 4.78 is 53.5. The molecule has 6 N–H and O–H groups in total. The number of nitrogens with one attached hydrogen (secondary N) is 6. The van der Waals surface area contributed by atoms with Crippen molar-refractivity contribution in [3.63, 3.8) is 0 Å². The smallest absolute Gasteiger partial charge is 0.336 e. The topological polar surface area (TPSA) is 452 Å². The van der Waals surface area contributed by atoms with Gasteiger partial charge in [-0.15, -0.1) is 0 Å². The van der Waals surface area contributed by atoms with Gasteiger partial charge in [0.05, 0.1) is 69.5 Å². The second kappa shape index (κ2) is 26.8. The van der Waals surface area contributed by atoms with Crippen molar-refractivity contribution in [2.24, 2.45) is 74.4 Å². The number of nitrogens with zero attached hydrogens (tertiary/aromatic N) is 4. The zero-order chi connectivity index (χ0) is 72.9. The standard InChI is InChI=1S/C23H21N3O8.C18H15NO6.C12H8O4.3C5H6N2O2.CH4/c1-5-8-11(20(28)24-19(5)27)9-6-4-7-10-13-14(26(2)23(31)25-21(13)29)17(10)33-15(7)18(32-3)16(6)34-22(30)12(8)9;1-6-9-11(17(21)19-16(6)20)10-8-5-7-3-4-24-13(7)15(23-2)14(8)25-18(22)12(9)10;1-14-12-10-8(4-5-15-10)6-7-2-3-9(13)16-11(7)12;3*1-7-3-2-4(8)6-5(7)9;/h4-5,8-14,17H,1-3H3,(H,24,27,28)(H,25,29,31);3-6,9-12H,1-2H3,(H,19,20,21);2-6H,1H3;3*2-3H,1H3,(H,6,8,9);1H4. The number of aryl methyl sites for hydroxylation is 3. The Morgan fingerprint density at radius 2 is 0.845 bits per heavy atom. The molecule has 3 aliphatic carbocycles. The first-order valence-corrected chi connectivity index (χ1v) is 31.6. The number of methoxy groups -OCH3 is 3. The Balaban J connectivity index is 0.000000127. The van der Waals surface area contributed by atoms with E-state index in [2.05, 4.69) is 30.9 Å². The summed E-state index contributed by atoms with van der Waals surface area (Å²) in [4.78, 5) is 181. The molecule has 3 saturated carbocycles. The monoisotopic (exact) mass is 1420 g/mol. The molecule has 103 heavy (non-hydrogen) atoms. The Morgan fingerprint density at radius 3 is 1.31 bits per heavy atom. The molecule has 14 unspecified atom stereocenters. The van der Waals surface area contributed by atoms with Crippen LogP contribution < -0.4 is 83.7 Å². The molecule has 0 spiro atoms. The van der Waals surface area contributed by atoms with Gasteiger partial charge in [0, 0.05) is 133 Å². The van der Waals surface area contributed by atoms with Gasteiger partial charge in [-0.2, -0.15) is 0 Å². The average molecular weight is 1420 g/mol. The molecule has 3 aromatic carbocycles. The number of amides is 7. The van der Waals surface area contributed by atoms with E-state index in [0.717, 1.165) is 27.3 Å². The maximum absolute atomic E-state index is 13.0. The van der Waals surface area contributed by atoms with Crippen LogP contribution in [0.3, 0.4) is 0 Å². The van der Waals surface area contributed by atoms with Gasteiger partial charge in [0.1, 0.15) is 6.10 Å². The molecule has 12 heterocycles. The van der Waals surface area contributed by atoms with Crippen molar-refractivity contribution in [1.29, 1.82) is 0 Å². The van der Waals surface area contributed by atoms with Crippen molar-refractivity contribution in [3.8, 4) is 34.5 Å². The van der Waals surface area contributed by atoms with Crippen LogP contribution in [-0.4, -0.2) is 122 Å². The summed E-state index contributed by atoms with van der Waals surface area (Å²) in [6.07, 6.45) is 6.93. The number of carbonyl (C=O) groups is 8. The maximum atomic E-state index is 13.0. The van der Waals surface area contributed by atoms with Crippen molar-refractivity contribution in [3.05, 3.63) is 181 Å². The number of hydrogen-bond acceptors (Lipinski definition) is 24. The van der Waals surface area contributed by atoms with Gasteiger partial charge in [-0.3, -0.25) is 78.8 Å². The van der Waals surface area contributed by atoms with E-state index in [1.54, 1.807) is 60.4 Å². The van der Waals surface area contributed by atoms with Gasteiger partial charge in [-0.1, -0.05) is 21.3 Å². The predicted octanol–water partition coefficient (Wildman–Crippen LogP) is 1.88. The number of fused-ring (bicyclic) bond motifs is 21. The van der Waals surface area contributed by atoms with E-state index >= 15 is 0 Å². The van der Waals surface area contributed by atoms with Crippen LogP contribution in [0.25, 0.3) is 32.9 Å². The van der Waals surface area contributed by atoms with Crippen LogP contribution in [0.4, 0.5) is 4.79 Å². The van der Waals surface area contributed by atoms with E-state index in [9.17, 15) is 71.9 Å². The van der Waals surface area contributed by atoms with Gasteiger partial charge in [0.25, 0.3) is 16.7 Å². The molecule has 34 heteroatoms. The zero-order valence-corrected chi connectivity index (χ0v) is 55.3. The number of rotatable bonds is 3. The number of benzene rings is 3. The summed E-state index contributed by atoms with van der Waals surface area (Å²) in [7, 11) is 10.8. The molecule has 7 amide bonds. The first kappa shape index (κ1) is 70.2. The van der Waals surface area contributed by atoms with E-state index in [1.165, 1.54) is 89.0 Å². The summed E-state index contributed by atoms with van der Waals surface area (Å²) in [6.45, 7) is 3.46. The van der Waals surface area contributed by atoms with E-state index in [0.29, 0.717) is 45.3 Å². The maximum Gasteiger partial charge on any atom is 0.336 e. The van der Waals surface area contributed by atoms with Crippen molar-refractivity contribution >= 4 is 80.4 Å². The van der Waals surface area contributed by atoms with Gasteiger partial charge >= 0.3 is 40.7 Å². The highest BCUT2D eigenvalue weighted by molar-refractivity contribution is 6.06. The fourth-order valence-corrected chi connectivity index (χ4v) is 15.1. The molecule has 0 bridgehead atoms. The van der Waals surface area contributed by atoms with Crippen LogP contribution in [0.15, 0.2) is 139 Å². The fraction of sp³-hybridized carbons (Fsp3) is 0.348. The van der Waals surface area contributed by atoms with Crippen LogP contribution in [0.1, 0.15) is 55.7 Å². The average Bonchev–Trinajstić information content (AvgIpc) is 1.52. The molecule has 18 rings (SSSR count). The second-order valence-electron chi connectivity index (χ2n) is 25.5. The number of esters is 2. The van der Waals surface area contributed by atoms with Crippen LogP contribution in [0.5, 0.6) is 34.5 Å². The van der Waals surface area contributed by atoms with Gasteiger partial charge in [0.2, 0.25) is 46.8 Å². The minimum atomic E-state index is -0.612. The van der Waals surface area contributed by atoms with E-state index in [4.69, 9.17) is 41.7 Å². The zero-order valence-electron chi connectivity index (χ0n) is 55.3. The Labute approximate surface area is 577 Å². The summed E-state index contributed by atoms with van der Waals surface area (Å²) in [5.41, 5.74) is 0.986. The molecule has 9 aliphatic rings. The van der Waals surface area contributed by atoms with Crippen LogP contribution in [0, 0.1) is 53.3 Å². The highest BCUT2D eigenvalue weighted by Crippen LogP contribution is 2.67. The second-order valence-corrected chi connectivity index (χ2v) is 25.5. The molecule has 9 aromatic rings. The fourth-order valence-electron chi connectivity index (χ4n) is 15.1. The Kier molecular flexibility index (Phi) is 18.3. The van der Waals surface area contributed by atoms with Gasteiger partial charge in [-0.05, 0) is 48.2 Å². The highest BCUT2D eigenvalue weighted by atomic mass is 16.6. The lowest BCUT2D eigenvalue weighted by atomic mass is 9.48. The number of hydrogen-bond donors (Lipinski definition) is 6. The van der Waals surface area contributed by atoms with Crippen LogP contribution >= 0.6 is 0 Å². The normalized spacial score (nSPS) is 25.5. The van der Waals surface area contributed by atoms with Crippen molar-refractivity contribution in [2.75, 3.05) is 28.4 Å². The quantitative estimate of drug-likeness (QED) is 0.0636. The number of imide groups is 3. The Morgan fingerprint density at radius 1 is 0.417 bits per heavy atom. The van der Waals surface area contributed by atoms with Crippen LogP contribution in [-0.2, 0) is 54.7 Å². The minimum Gasteiger partial charge on any atom is -0.490 e. The van der Waals surface area contributed by atoms with Crippen molar-refractivity contribution in [1.82, 2.24) is 49.5 Å². The van der Waals surface area contributed by atoms with Crippen LogP contribution in [0.2, 0.25) is 0 Å².